The van der Waals surface area contributed by atoms with Crippen molar-refractivity contribution in [3.05, 3.63) is 34.4 Å². The lowest BCUT2D eigenvalue weighted by Gasteiger charge is -2.44. The van der Waals surface area contributed by atoms with Crippen LogP contribution in [-0.4, -0.2) is 66.0 Å². The number of nitro groups is 1. The van der Waals surface area contributed by atoms with Crippen molar-refractivity contribution in [1.82, 2.24) is 5.32 Å². The molecule has 0 unspecified atom stereocenters. The number of ether oxygens (including phenoxy) is 5. The van der Waals surface area contributed by atoms with E-state index in [1.807, 2.05) is 0 Å². The first-order valence-electron chi connectivity index (χ1n) is 9.79. The minimum Gasteiger partial charge on any atom is -0.463 e. The summed E-state index contributed by atoms with van der Waals surface area (Å²) in [7, 11) is 0. The largest absolute Gasteiger partial charge is 0.463 e. The summed E-state index contributed by atoms with van der Waals surface area (Å²) in [5.41, 5.74) is -0.175. The second-order valence-electron chi connectivity index (χ2n) is 7.09. The minimum absolute atomic E-state index is 0.139. The van der Waals surface area contributed by atoms with Gasteiger partial charge in [0.05, 0.1) is 4.92 Å². The third kappa shape index (κ3) is 7.42. The maximum atomic E-state index is 11.9. The highest BCUT2D eigenvalue weighted by molar-refractivity contribution is 5.73. The summed E-state index contributed by atoms with van der Waals surface area (Å²) in [6.45, 7) is 4.24. The third-order valence-corrected chi connectivity index (χ3v) is 4.37. The van der Waals surface area contributed by atoms with Gasteiger partial charge >= 0.3 is 17.9 Å². The Bertz CT molecular complexity index is 902. The molecular formula is C20H24N2O11. The van der Waals surface area contributed by atoms with Crippen molar-refractivity contribution >= 4 is 29.5 Å². The predicted octanol–water partition coefficient (Wildman–Crippen LogP) is 0.630. The first-order chi connectivity index (χ1) is 15.5. The molecule has 0 bridgehead atoms. The second-order valence-corrected chi connectivity index (χ2v) is 7.09. The molecule has 0 aliphatic carbocycles. The van der Waals surface area contributed by atoms with Crippen LogP contribution >= 0.6 is 0 Å². The van der Waals surface area contributed by atoms with Crippen LogP contribution in [0.15, 0.2) is 24.3 Å². The standard InChI is InChI=1S/C20H24N2O11/c1-10(23)21-17-19(31-13(4)26)18(30-12(3)25)16(9-29-11(2)24)33-20(17)32-15-7-5-14(6-8-15)22(27)28/h5-8,16-20H,9H2,1-4H3,(H,21,23)/t16-,17-,18+,19+,20+/m0/s1. The van der Waals surface area contributed by atoms with E-state index >= 15 is 0 Å². The summed E-state index contributed by atoms with van der Waals surface area (Å²) >= 11 is 0. The number of carbonyl (C=O) groups excluding carboxylic acids is 4. The fraction of sp³-hybridized carbons (Fsp3) is 0.500. The fourth-order valence-corrected chi connectivity index (χ4v) is 3.17. The summed E-state index contributed by atoms with van der Waals surface area (Å²) in [5, 5.41) is 13.4. The zero-order valence-electron chi connectivity index (χ0n) is 18.3. The van der Waals surface area contributed by atoms with Gasteiger partial charge in [-0.2, -0.15) is 0 Å². The van der Waals surface area contributed by atoms with Crippen LogP contribution in [0, 0.1) is 10.1 Å². The fourth-order valence-electron chi connectivity index (χ4n) is 3.17. The predicted molar refractivity (Wildman–Crippen MR) is 108 cm³/mol. The van der Waals surface area contributed by atoms with Crippen molar-refractivity contribution in [2.45, 2.75) is 58.3 Å². The first-order valence-corrected chi connectivity index (χ1v) is 9.79. The highest BCUT2D eigenvalue weighted by Crippen LogP contribution is 2.29. The molecule has 1 aliphatic heterocycles. The number of benzene rings is 1. The number of rotatable bonds is 8. The molecule has 1 saturated heterocycles. The van der Waals surface area contributed by atoms with Crippen LogP contribution < -0.4 is 10.1 Å². The van der Waals surface area contributed by atoms with E-state index in [1.165, 1.54) is 31.2 Å². The summed E-state index contributed by atoms with van der Waals surface area (Å²) in [5.74, 6) is -2.50. The normalized spacial score (nSPS) is 24.2. The highest BCUT2D eigenvalue weighted by Gasteiger charge is 2.51. The van der Waals surface area contributed by atoms with E-state index in [1.54, 1.807) is 0 Å². The van der Waals surface area contributed by atoms with Gasteiger partial charge in [0.25, 0.3) is 5.69 Å². The number of hydrogen-bond donors (Lipinski definition) is 1. The van der Waals surface area contributed by atoms with E-state index in [0.717, 1.165) is 20.8 Å². The van der Waals surface area contributed by atoms with Gasteiger partial charge in [-0.1, -0.05) is 0 Å². The Kier molecular flexibility index (Phi) is 8.68. The van der Waals surface area contributed by atoms with E-state index in [9.17, 15) is 29.3 Å². The van der Waals surface area contributed by atoms with E-state index < -0.39 is 59.4 Å². The number of nitro benzene ring substituents is 1. The van der Waals surface area contributed by atoms with Crippen LogP contribution in [0.5, 0.6) is 5.75 Å². The number of nitrogens with zero attached hydrogens (tertiary/aromatic N) is 1. The van der Waals surface area contributed by atoms with E-state index in [4.69, 9.17) is 23.7 Å². The molecule has 13 heteroatoms. The average molecular weight is 468 g/mol. The molecular weight excluding hydrogens is 444 g/mol. The molecule has 1 aromatic carbocycles. The van der Waals surface area contributed by atoms with Gasteiger partial charge in [0.2, 0.25) is 12.2 Å². The van der Waals surface area contributed by atoms with E-state index in [2.05, 4.69) is 5.32 Å². The molecule has 2 rings (SSSR count). The Labute approximate surface area is 188 Å². The lowest BCUT2D eigenvalue weighted by molar-refractivity contribution is -0.384. The van der Waals surface area contributed by atoms with Crippen molar-refractivity contribution in [3.8, 4) is 5.75 Å². The van der Waals surface area contributed by atoms with Crippen LogP contribution in [0.4, 0.5) is 5.69 Å². The zero-order valence-corrected chi connectivity index (χ0v) is 18.3. The number of amides is 1. The monoisotopic (exact) mass is 468 g/mol. The zero-order chi connectivity index (χ0) is 24.7. The molecule has 1 N–H and O–H groups in total. The van der Waals surface area contributed by atoms with Gasteiger partial charge in [0.1, 0.15) is 24.5 Å². The maximum absolute atomic E-state index is 11.9. The van der Waals surface area contributed by atoms with Gasteiger partial charge in [-0.25, -0.2) is 0 Å². The van der Waals surface area contributed by atoms with Crippen molar-refractivity contribution in [1.29, 1.82) is 0 Å². The molecule has 1 aliphatic rings. The minimum atomic E-state index is -1.31. The summed E-state index contributed by atoms with van der Waals surface area (Å²) in [6, 6.07) is 3.87. The average Bonchev–Trinajstić information content (AvgIpc) is 2.70. The molecule has 0 spiro atoms. The van der Waals surface area contributed by atoms with Crippen molar-refractivity contribution < 1.29 is 47.8 Å². The Morgan fingerprint density at radius 2 is 1.55 bits per heavy atom. The Balaban J connectivity index is 2.43. The smallest absolute Gasteiger partial charge is 0.303 e. The SMILES string of the molecule is CC(=O)N[C@@H]1[C@H](Oc2ccc([N+](=O)[O-])cc2)O[C@@H](COC(C)=O)[C@@H](OC(C)=O)[C@@H]1OC(C)=O. The van der Waals surface area contributed by atoms with Crippen LogP contribution in [0.25, 0.3) is 0 Å². The van der Waals surface area contributed by atoms with Crippen LogP contribution in [0.3, 0.4) is 0 Å². The number of carbonyl (C=O) groups is 4. The van der Waals surface area contributed by atoms with Gasteiger partial charge in [-0.15, -0.1) is 0 Å². The van der Waals surface area contributed by atoms with Gasteiger partial charge in [0.15, 0.2) is 12.2 Å². The molecule has 1 fully saturated rings. The molecule has 5 atom stereocenters. The van der Waals surface area contributed by atoms with Crippen LogP contribution in [-0.2, 0) is 38.1 Å². The van der Waals surface area contributed by atoms with Crippen molar-refractivity contribution in [2.24, 2.45) is 0 Å². The number of nitrogens with one attached hydrogen (secondary N) is 1. The topological polar surface area (TPSA) is 170 Å². The Morgan fingerprint density at radius 1 is 0.970 bits per heavy atom. The molecule has 0 aromatic heterocycles. The van der Waals surface area contributed by atoms with Gasteiger partial charge in [-0.05, 0) is 12.1 Å². The summed E-state index contributed by atoms with van der Waals surface area (Å²) < 4.78 is 27.2. The molecule has 1 heterocycles. The van der Waals surface area contributed by atoms with Crippen molar-refractivity contribution in [3.63, 3.8) is 0 Å². The Morgan fingerprint density at radius 3 is 2.03 bits per heavy atom. The van der Waals surface area contributed by atoms with Gasteiger partial charge < -0.3 is 29.0 Å². The third-order valence-electron chi connectivity index (χ3n) is 4.37. The molecule has 13 nitrogen and oxygen atoms in total. The van der Waals surface area contributed by atoms with Crippen molar-refractivity contribution in [2.75, 3.05) is 6.61 Å². The molecule has 33 heavy (non-hydrogen) atoms. The molecule has 1 aromatic rings. The number of non-ortho nitro benzene ring substituents is 1. The van der Waals surface area contributed by atoms with Gasteiger partial charge in [-0.3, -0.25) is 29.3 Å². The first kappa shape index (κ1) is 25.5. The van der Waals surface area contributed by atoms with Crippen LogP contribution in [0.2, 0.25) is 0 Å². The maximum Gasteiger partial charge on any atom is 0.303 e. The molecule has 180 valence electrons. The lowest BCUT2D eigenvalue weighted by atomic mass is 9.96. The van der Waals surface area contributed by atoms with E-state index in [0.29, 0.717) is 0 Å². The Hall–Kier alpha value is -3.74. The quantitative estimate of drug-likeness (QED) is 0.246. The molecule has 1 amide bonds. The molecule has 0 saturated carbocycles. The number of esters is 3. The van der Waals surface area contributed by atoms with Crippen LogP contribution in [0.1, 0.15) is 27.7 Å². The summed E-state index contributed by atoms with van der Waals surface area (Å²) in [4.78, 5) is 57.0. The highest BCUT2D eigenvalue weighted by atomic mass is 16.7. The second kappa shape index (κ2) is 11.2. The van der Waals surface area contributed by atoms with Gasteiger partial charge in [0, 0.05) is 39.8 Å². The molecule has 0 radical (unpaired) electrons. The lowest BCUT2D eigenvalue weighted by Crippen LogP contribution is -2.67. The summed E-state index contributed by atoms with van der Waals surface area (Å²) in [6.07, 6.45) is -4.96. The van der Waals surface area contributed by atoms with E-state index in [-0.39, 0.29) is 18.0 Å². The number of hydrogen-bond acceptors (Lipinski definition) is 11.